The Hall–Kier alpha value is -2.42. The monoisotopic (exact) mass is 269 g/mol. The zero-order valence-corrected chi connectivity index (χ0v) is 10.8. The lowest BCUT2D eigenvalue weighted by atomic mass is 10.2. The Balaban J connectivity index is 2.11. The maximum atomic E-state index is 13.4. The normalized spacial score (nSPS) is 10.9. The van der Waals surface area contributed by atoms with Gasteiger partial charge in [-0.1, -0.05) is 18.7 Å². The van der Waals surface area contributed by atoms with Gasteiger partial charge in [-0.2, -0.15) is 0 Å². The summed E-state index contributed by atoms with van der Waals surface area (Å²) in [6.45, 7) is 4.34. The molecule has 3 heteroatoms. The first-order valence-electron chi connectivity index (χ1n) is 6.33. The van der Waals surface area contributed by atoms with Crippen molar-refractivity contribution in [3.8, 4) is 0 Å². The maximum absolute atomic E-state index is 13.4. The van der Waals surface area contributed by atoms with Gasteiger partial charge in [0, 0.05) is 17.6 Å². The van der Waals surface area contributed by atoms with Gasteiger partial charge in [0.15, 0.2) is 0 Å². The number of nitrogens with zero attached hydrogens (tertiary/aromatic N) is 1. The number of fused-ring (bicyclic) bond motifs is 1. The Labute approximate surface area is 115 Å². The van der Waals surface area contributed by atoms with E-state index in [2.05, 4.69) is 6.58 Å². The van der Waals surface area contributed by atoms with Gasteiger partial charge in [0.05, 0.1) is 5.52 Å². The quantitative estimate of drug-likeness (QED) is 0.654. The molecule has 3 rings (SSSR count). The van der Waals surface area contributed by atoms with Gasteiger partial charge in [-0.25, -0.2) is 8.78 Å². The lowest BCUT2D eigenvalue weighted by Gasteiger charge is -2.09. The van der Waals surface area contributed by atoms with E-state index < -0.39 is 0 Å². The van der Waals surface area contributed by atoms with Crippen molar-refractivity contribution in [2.45, 2.75) is 6.54 Å². The predicted molar refractivity (Wildman–Crippen MR) is 77.5 cm³/mol. The summed E-state index contributed by atoms with van der Waals surface area (Å²) in [6, 6.07) is 13.0. The van der Waals surface area contributed by atoms with Crippen LogP contribution in [0.15, 0.2) is 55.1 Å². The van der Waals surface area contributed by atoms with Crippen LogP contribution in [0.4, 0.5) is 8.78 Å². The van der Waals surface area contributed by atoms with Crippen LogP contribution in [0.1, 0.15) is 11.3 Å². The molecule has 0 aliphatic heterocycles. The van der Waals surface area contributed by atoms with Gasteiger partial charge >= 0.3 is 0 Å². The Morgan fingerprint density at radius 2 is 1.65 bits per heavy atom. The molecule has 0 spiro atoms. The first-order chi connectivity index (χ1) is 9.67. The van der Waals surface area contributed by atoms with Crippen molar-refractivity contribution in [1.82, 2.24) is 4.57 Å². The minimum atomic E-state index is -0.272. The molecule has 20 heavy (non-hydrogen) atoms. The van der Waals surface area contributed by atoms with E-state index in [1.165, 1.54) is 24.3 Å². The van der Waals surface area contributed by atoms with E-state index in [9.17, 15) is 8.78 Å². The topological polar surface area (TPSA) is 4.93 Å². The van der Waals surface area contributed by atoms with Crippen molar-refractivity contribution in [2.24, 2.45) is 0 Å². The summed E-state index contributed by atoms with van der Waals surface area (Å²) in [5.41, 5.74) is 2.68. The van der Waals surface area contributed by atoms with Crippen molar-refractivity contribution in [1.29, 1.82) is 0 Å². The third-order valence-corrected chi connectivity index (χ3v) is 3.36. The van der Waals surface area contributed by atoms with Crippen LogP contribution in [0.25, 0.3) is 17.0 Å². The molecule has 0 unspecified atom stereocenters. The van der Waals surface area contributed by atoms with Crippen molar-refractivity contribution in [3.63, 3.8) is 0 Å². The summed E-state index contributed by atoms with van der Waals surface area (Å²) in [7, 11) is 0. The largest absolute Gasteiger partial charge is 0.336 e. The minimum absolute atomic E-state index is 0.263. The molecule has 100 valence electrons. The molecule has 1 heterocycles. The summed E-state index contributed by atoms with van der Waals surface area (Å²) in [4.78, 5) is 0. The number of halogens is 2. The highest BCUT2D eigenvalue weighted by Crippen LogP contribution is 2.23. The summed E-state index contributed by atoms with van der Waals surface area (Å²) in [5.74, 6) is -0.535. The van der Waals surface area contributed by atoms with Crippen molar-refractivity contribution >= 4 is 17.0 Å². The lowest BCUT2D eigenvalue weighted by molar-refractivity contribution is 0.626. The Morgan fingerprint density at radius 1 is 0.950 bits per heavy atom. The molecule has 0 aliphatic carbocycles. The number of aromatic nitrogens is 1. The van der Waals surface area contributed by atoms with Gasteiger partial charge in [-0.05, 0) is 48.0 Å². The molecule has 3 aromatic rings. The minimum Gasteiger partial charge on any atom is -0.336 e. The second kappa shape index (κ2) is 4.93. The van der Waals surface area contributed by atoms with Crippen LogP contribution in [0.2, 0.25) is 0 Å². The molecule has 0 atom stereocenters. The molecule has 2 aromatic carbocycles. The predicted octanol–water partition coefficient (Wildman–Crippen LogP) is 4.61. The number of hydrogen-bond donors (Lipinski definition) is 0. The van der Waals surface area contributed by atoms with E-state index in [0.29, 0.717) is 6.54 Å². The molecular weight excluding hydrogens is 256 g/mol. The van der Waals surface area contributed by atoms with Gasteiger partial charge < -0.3 is 4.57 Å². The molecular formula is C17H13F2N. The summed E-state index contributed by atoms with van der Waals surface area (Å²) in [6.07, 6.45) is 1.74. The van der Waals surface area contributed by atoms with E-state index in [-0.39, 0.29) is 11.6 Å². The number of hydrogen-bond acceptors (Lipinski definition) is 0. The molecule has 0 bridgehead atoms. The van der Waals surface area contributed by atoms with E-state index in [1.807, 2.05) is 10.6 Å². The maximum Gasteiger partial charge on any atom is 0.125 e. The molecule has 1 nitrogen and oxygen atoms in total. The number of benzene rings is 2. The van der Waals surface area contributed by atoms with E-state index in [1.54, 1.807) is 24.3 Å². The first kappa shape index (κ1) is 12.6. The van der Waals surface area contributed by atoms with Gasteiger partial charge in [0.25, 0.3) is 0 Å². The van der Waals surface area contributed by atoms with Crippen LogP contribution < -0.4 is 0 Å². The molecule has 0 fully saturated rings. The molecule has 0 radical (unpaired) electrons. The Morgan fingerprint density at radius 3 is 2.35 bits per heavy atom. The summed E-state index contributed by atoms with van der Waals surface area (Å²) >= 11 is 0. The van der Waals surface area contributed by atoms with Gasteiger partial charge in [0.1, 0.15) is 11.6 Å². The average Bonchev–Trinajstić information content (AvgIpc) is 2.79. The van der Waals surface area contributed by atoms with E-state index >= 15 is 0 Å². The standard InChI is InChI=1S/C17H13F2N/c1-2-16-9-13-5-8-15(19)10-17(13)20(16)11-12-3-6-14(18)7-4-12/h2-10H,1,11H2. The van der Waals surface area contributed by atoms with Crippen LogP contribution >= 0.6 is 0 Å². The molecule has 1 aromatic heterocycles. The fourth-order valence-corrected chi connectivity index (χ4v) is 2.37. The molecule has 0 N–H and O–H groups in total. The molecule has 0 aliphatic rings. The van der Waals surface area contributed by atoms with E-state index in [0.717, 1.165) is 22.2 Å². The average molecular weight is 269 g/mol. The zero-order valence-electron chi connectivity index (χ0n) is 10.8. The summed E-state index contributed by atoms with van der Waals surface area (Å²) < 4.78 is 28.3. The second-order valence-corrected chi connectivity index (χ2v) is 4.69. The van der Waals surface area contributed by atoms with Gasteiger partial charge in [0.2, 0.25) is 0 Å². The van der Waals surface area contributed by atoms with Crippen LogP contribution in [0, 0.1) is 11.6 Å². The van der Waals surface area contributed by atoms with Crippen LogP contribution in [-0.2, 0) is 6.54 Å². The fourth-order valence-electron chi connectivity index (χ4n) is 2.37. The Kier molecular flexibility index (Phi) is 3.11. The lowest BCUT2D eigenvalue weighted by Crippen LogP contribution is -2.01. The third kappa shape index (κ3) is 2.23. The smallest absolute Gasteiger partial charge is 0.125 e. The SMILES string of the molecule is C=Cc1cc2ccc(F)cc2n1Cc1ccc(F)cc1. The number of rotatable bonds is 3. The molecule has 0 saturated heterocycles. The highest BCUT2D eigenvalue weighted by Gasteiger charge is 2.08. The molecule has 0 saturated carbocycles. The van der Waals surface area contributed by atoms with Crippen LogP contribution in [0.3, 0.4) is 0 Å². The van der Waals surface area contributed by atoms with Gasteiger partial charge in [-0.15, -0.1) is 0 Å². The van der Waals surface area contributed by atoms with Crippen LogP contribution in [-0.4, -0.2) is 4.57 Å². The van der Waals surface area contributed by atoms with Crippen LogP contribution in [0.5, 0.6) is 0 Å². The van der Waals surface area contributed by atoms with E-state index in [4.69, 9.17) is 0 Å². The van der Waals surface area contributed by atoms with Crippen molar-refractivity contribution < 1.29 is 8.78 Å². The van der Waals surface area contributed by atoms with Crippen molar-refractivity contribution in [3.05, 3.63) is 78.0 Å². The zero-order chi connectivity index (χ0) is 14.1. The fraction of sp³-hybridized carbons (Fsp3) is 0.0588. The third-order valence-electron chi connectivity index (χ3n) is 3.36. The Bertz CT molecular complexity index is 770. The molecule has 0 amide bonds. The highest BCUT2D eigenvalue weighted by atomic mass is 19.1. The highest BCUT2D eigenvalue weighted by molar-refractivity contribution is 5.83. The second-order valence-electron chi connectivity index (χ2n) is 4.69. The van der Waals surface area contributed by atoms with Crippen molar-refractivity contribution in [2.75, 3.05) is 0 Å². The van der Waals surface area contributed by atoms with Gasteiger partial charge in [-0.3, -0.25) is 0 Å². The first-order valence-corrected chi connectivity index (χ1v) is 6.33. The summed E-state index contributed by atoms with van der Waals surface area (Å²) in [5, 5.41) is 0.961.